The van der Waals surface area contributed by atoms with Gasteiger partial charge < -0.3 is 15.0 Å². The van der Waals surface area contributed by atoms with Gasteiger partial charge in [0.2, 0.25) is 11.8 Å². The molecule has 31 heavy (non-hydrogen) atoms. The van der Waals surface area contributed by atoms with E-state index in [1.54, 1.807) is 4.90 Å². The highest BCUT2D eigenvalue weighted by molar-refractivity contribution is 5.77. The van der Waals surface area contributed by atoms with Crippen molar-refractivity contribution in [2.75, 3.05) is 13.6 Å². The minimum Gasteiger partial charge on any atom is -0.487 e. The van der Waals surface area contributed by atoms with Gasteiger partial charge >= 0.3 is 0 Å². The van der Waals surface area contributed by atoms with Gasteiger partial charge in [-0.3, -0.25) is 14.3 Å². The number of benzene rings is 1. The van der Waals surface area contributed by atoms with Crippen LogP contribution in [0.4, 0.5) is 0 Å². The molecule has 7 heteroatoms. The van der Waals surface area contributed by atoms with Crippen LogP contribution in [-0.2, 0) is 9.59 Å². The lowest BCUT2D eigenvalue weighted by molar-refractivity contribution is -0.129. The van der Waals surface area contributed by atoms with Gasteiger partial charge in [-0.25, -0.2) is 0 Å². The fourth-order valence-corrected chi connectivity index (χ4v) is 4.90. The maximum atomic E-state index is 13.0. The quantitative estimate of drug-likeness (QED) is 0.815. The molecule has 1 aromatic heterocycles. The fourth-order valence-electron chi connectivity index (χ4n) is 4.90. The molecular weight excluding hydrogens is 392 g/mol. The summed E-state index contributed by atoms with van der Waals surface area (Å²) in [6.07, 6.45) is 2.92. The van der Waals surface area contributed by atoms with Crippen molar-refractivity contribution >= 4 is 11.8 Å². The van der Waals surface area contributed by atoms with E-state index in [4.69, 9.17) is 4.74 Å². The molecule has 4 rings (SSSR count). The van der Waals surface area contributed by atoms with Crippen LogP contribution >= 0.6 is 0 Å². The first-order valence-electron chi connectivity index (χ1n) is 11.1. The summed E-state index contributed by atoms with van der Waals surface area (Å²) < 4.78 is 8.39. The Morgan fingerprint density at radius 3 is 2.84 bits per heavy atom. The molecule has 3 heterocycles. The molecule has 0 bridgehead atoms. The maximum absolute atomic E-state index is 13.0. The summed E-state index contributed by atoms with van der Waals surface area (Å²) in [5.74, 6) is 0.958. The molecule has 0 radical (unpaired) electrons. The molecule has 2 aliphatic heterocycles. The van der Waals surface area contributed by atoms with Crippen molar-refractivity contribution in [3.05, 3.63) is 47.3 Å². The summed E-state index contributed by atoms with van der Waals surface area (Å²) in [6.45, 7) is 6.66. The summed E-state index contributed by atoms with van der Waals surface area (Å²) >= 11 is 0. The van der Waals surface area contributed by atoms with Crippen molar-refractivity contribution in [3.8, 4) is 5.75 Å². The number of carbonyl (C=O) groups excluding carboxylic acids is 2. The van der Waals surface area contributed by atoms with Crippen molar-refractivity contribution in [2.24, 2.45) is 0 Å². The van der Waals surface area contributed by atoms with Crippen molar-refractivity contribution in [3.63, 3.8) is 0 Å². The first-order valence-corrected chi connectivity index (χ1v) is 11.1. The number of amides is 2. The van der Waals surface area contributed by atoms with Crippen LogP contribution in [0.3, 0.4) is 0 Å². The highest BCUT2D eigenvalue weighted by Crippen LogP contribution is 2.44. The molecule has 1 N–H and O–H groups in total. The smallest absolute Gasteiger partial charge is 0.222 e. The Morgan fingerprint density at radius 2 is 2.10 bits per heavy atom. The van der Waals surface area contributed by atoms with E-state index in [1.807, 2.05) is 62.8 Å². The average Bonchev–Trinajstić information content (AvgIpc) is 3.01. The largest absolute Gasteiger partial charge is 0.487 e. The number of aryl methyl sites for hydroxylation is 2. The summed E-state index contributed by atoms with van der Waals surface area (Å²) in [4.78, 5) is 27.0. The lowest BCUT2D eigenvalue weighted by Crippen LogP contribution is -2.46. The molecule has 166 valence electrons. The first kappa shape index (κ1) is 21.4. The molecule has 7 nitrogen and oxygen atoms in total. The van der Waals surface area contributed by atoms with Gasteiger partial charge in [-0.2, -0.15) is 5.10 Å². The molecule has 1 aromatic carbocycles. The lowest BCUT2D eigenvalue weighted by atomic mass is 9.82. The molecule has 2 amide bonds. The Bertz CT molecular complexity index is 985. The molecule has 1 saturated heterocycles. The van der Waals surface area contributed by atoms with Crippen molar-refractivity contribution in [2.45, 2.75) is 70.6 Å². The van der Waals surface area contributed by atoms with Crippen LogP contribution in [0.25, 0.3) is 0 Å². The number of aromatic nitrogens is 2. The van der Waals surface area contributed by atoms with Gasteiger partial charge in [-0.1, -0.05) is 18.2 Å². The van der Waals surface area contributed by atoms with Crippen LogP contribution < -0.4 is 10.1 Å². The summed E-state index contributed by atoms with van der Waals surface area (Å²) in [7, 11) is 1.84. The van der Waals surface area contributed by atoms with Crippen LogP contribution in [-0.4, -0.2) is 45.7 Å². The van der Waals surface area contributed by atoms with Crippen LogP contribution in [0.1, 0.15) is 68.1 Å². The van der Waals surface area contributed by atoms with E-state index in [0.717, 1.165) is 29.1 Å². The molecule has 1 fully saturated rings. The topological polar surface area (TPSA) is 76.5 Å². The van der Waals surface area contributed by atoms with Crippen LogP contribution in [0.2, 0.25) is 0 Å². The predicted molar refractivity (Wildman–Crippen MR) is 118 cm³/mol. The number of nitrogens with zero attached hydrogens (tertiary/aromatic N) is 3. The third-order valence-electron chi connectivity index (χ3n) is 6.60. The van der Waals surface area contributed by atoms with Crippen LogP contribution in [0.15, 0.2) is 30.3 Å². The number of rotatable bonds is 4. The average molecular weight is 425 g/mol. The Morgan fingerprint density at radius 1 is 1.32 bits per heavy atom. The number of nitrogens with one attached hydrogen (secondary N) is 1. The van der Waals surface area contributed by atoms with Crippen LogP contribution in [0, 0.1) is 13.8 Å². The molecular formula is C24H32N4O3. The second-order valence-electron chi connectivity index (χ2n) is 9.14. The van der Waals surface area contributed by atoms with E-state index in [0.29, 0.717) is 32.2 Å². The van der Waals surface area contributed by atoms with E-state index >= 15 is 0 Å². The second kappa shape index (κ2) is 8.36. The Hall–Kier alpha value is -2.83. The molecule has 1 spiro atoms. The van der Waals surface area contributed by atoms with Gasteiger partial charge in [0.05, 0.1) is 17.8 Å². The summed E-state index contributed by atoms with van der Waals surface area (Å²) in [5.41, 5.74) is 2.58. The SMILES string of the molecule is Cc1cc(C)n([C@@H](C)CC(=O)N[C@@H]2C[C@@]3(CCC(=O)N(C)CC3)Oc3ccccc32)n1. The van der Waals surface area contributed by atoms with Crippen molar-refractivity contribution < 1.29 is 14.3 Å². The minimum absolute atomic E-state index is 0.00118. The monoisotopic (exact) mass is 424 g/mol. The van der Waals surface area contributed by atoms with Crippen molar-refractivity contribution in [1.82, 2.24) is 20.0 Å². The minimum atomic E-state index is -0.436. The molecule has 2 aliphatic rings. The number of fused-ring (bicyclic) bond motifs is 1. The van der Waals surface area contributed by atoms with Crippen molar-refractivity contribution in [1.29, 1.82) is 0 Å². The maximum Gasteiger partial charge on any atom is 0.222 e. The number of ether oxygens (including phenoxy) is 1. The zero-order valence-electron chi connectivity index (χ0n) is 18.9. The molecule has 0 unspecified atom stereocenters. The standard InChI is InChI=1S/C24H32N4O3/c1-16-13-17(2)28(26-16)18(3)14-22(29)25-20-15-24(10-9-23(30)27(4)12-11-24)31-21-8-6-5-7-19(20)21/h5-8,13,18,20H,9-12,14-15H2,1-4H3,(H,25,29)/t18-,20+,24-/m0/s1. The highest BCUT2D eigenvalue weighted by Gasteiger charge is 2.43. The zero-order chi connectivity index (χ0) is 22.2. The van der Waals surface area contributed by atoms with Gasteiger partial charge in [0.15, 0.2) is 0 Å². The third-order valence-corrected chi connectivity index (χ3v) is 6.60. The number of likely N-dealkylation sites (tertiary alicyclic amines) is 1. The van der Waals surface area contributed by atoms with Gasteiger partial charge in [-0.05, 0) is 39.3 Å². The molecule has 3 atom stereocenters. The summed E-state index contributed by atoms with van der Waals surface area (Å²) in [6, 6.07) is 9.77. The first-order chi connectivity index (χ1) is 14.8. The second-order valence-corrected chi connectivity index (χ2v) is 9.14. The van der Waals surface area contributed by atoms with Gasteiger partial charge in [-0.15, -0.1) is 0 Å². The fraction of sp³-hybridized carbons (Fsp3) is 0.542. The number of hydrogen-bond acceptors (Lipinski definition) is 4. The Balaban J connectivity index is 1.52. The summed E-state index contributed by atoms with van der Waals surface area (Å²) in [5, 5.41) is 7.78. The number of hydrogen-bond donors (Lipinski definition) is 1. The van der Waals surface area contributed by atoms with E-state index in [1.165, 1.54) is 0 Å². The van der Waals surface area contributed by atoms with E-state index in [9.17, 15) is 9.59 Å². The van der Waals surface area contributed by atoms with E-state index in [-0.39, 0.29) is 23.9 Å². The molecule has 0 saturated carbocycles. The van der Waals surface area contributed by atoms with Gasteiger partial charge in [0, 0.05) is 50.5 Å². The van der Waals surface area contributed by atoms with Gasteiger partial charge in [0.1, 0.15) is 11.4 Å². The Kier molecular flexibility index (Phi) is 5.77. The van der Waals surface area contributed by atoms with E-state index < -0.39 is 5.60 Å². The Labute approximate surface area is 183 Å². The lowest BCUT2D eigenvalue weighted by Gasteiger charge is -2.42. The van der Waals surface area contributed by atoms with Gasteiger partial charge in [0.25, 0.3) is 0 Å². The number of carbonyl (C=O) groups is 2. The third kappa shape index (κ3) is 4.45. The number of para-hydroxylation sites is 1. The molecule has 2 aromatic rings. The zero-order valence-corrected chi connectivity index (χ0v) is 18.9. The van der Waals surface area contributed by atoms with Crippen LogP contribution in [0.5, 0.6) is 5.75 Å². The highest BCUT2D eigenvalue weighted by atomic mass is 16.5. The normalized spacial score (nSPS) is 24.3. The predicted octanol–water partition coefficient (Wildman–Crippen LogP) is 3.47. The molecule has 0 aliphatic carbocycles. The van der Waals surface area contributed by atoms with E-state index in [2.05, 4.69) is 10.4 Å².